The fourth-order valence-corrected chi connectivity index (χ4v) is 2.31. The zero-order chi connectivity index (χ0) is 16.0. The molecule has 0 radical (unpaired) electrons. The summed E-state index contributed by atoms with van der Waals surface area (Å²) >= 11 is 0. The number of rotatable bonds is 6. The highest BCUT2D eigenvalue weighted by Gasteiger charge is 2.18. The van der Waals surface area contributed by atoms with Gasteiger partial charge in [0.25, 0.3) is 0 Å². The summed E-state index contributed by atoms with van der Waals surface area (Å²) in [5.41, 5.74) is 0.304. The van der Waals surface area contributed by atoms with Crippen molar-refractivity contribution in [1.29, 1.82) is 10.5 Å². The van der Waals surface area contributed by atoms with Crippen LogP contribution in [0.2, 0.25) is 0 Å². The van der Waals surface area contributed by atoms with Gasteiger partial charge in [-0.1, -0.05) is 0 Å². The topological polar surface area (TPSA) is 134 Å². The van der Waals surface area contributed by atoms with E-state index in [9.17, 15) is 13.2 Å². The monoisotopic (exact) mass is 308 g/mol. The van der Waals surface area contributed by atoms with Crippen molar-refractivity contribution in [3.8, 4) is 12.1 Å². The Morgan fingerprint density at radius 2 is 1.95 bits per heavy atom. The van der Waals surface area contributed by atoms with Crippen molar-refractivity contribution in [1.82, 2.24) is 4.31 Å². The molecule has 0 fully saturated rings. The molecule has 1 aromatic rings. The molecule has 0 spiro atoms. The van der Waals surface area contributed by atoms with Crippen LogP contribution in [0.5, 0.6) is 0 Å². The van der Waals surface area contributed by atoms with Gasteiger partial charge in [-0.25, -0.2) is 0 Å². The van der Waals surface area contributed by atoms with Gasteiger partial charge in [0.05, 0.1) is 23.2 Å². The molecular formula is C12H12N4O4S. The highest BCUT2D eigenvalue weighted by atomic mass is 32.2. The predicted molar refractivity (Wildman–Crippen MR) is 73.3 cm³/mol. The molecule has 0 aliphatic rings. The number of nitrogens with zero attached hydrogens (tertiary/aromatic N) is 3. The SMILES string of the molecule is CN(CCC(=O)O)S(=O)(=O)Nc1ccc(C#N)c(C#N)c1. The van der Waals surface area contributed by atoms with Gasteiger partial charge in [-0.05, 0) is 18.2 Å². The molecule has 0 aliphatic heterocycles. The lowest BCUT2D eigenvalue weighted by Crippen LogP contribution is -2.34. The van der Waals surface area contributed by atoms with E-state index in [4.69, 9.17) is 15.6 Å². The number of nitriles is 2. The molecule has 8 nitrogen and oxygen atoms in total. The van der Waals surface area contributed by atoms with Gasteiger partial charge in [0.15, 0.2) is 0 Å². The van der Waals surface area contributed by atoms with Crippen molar-refractivity contribution in [2.75, 3.05) is 18.3 Å². The number of hydrogen-bond donors (Lipinski definition) is 2. The highest BCUT2D eigenvalue weighted by molar-refractivity contribution is 7.90. The number of aliphatic carboxylic acids is 1. The van der Waals surface area contributed by atoms with Gasteiger partial charge in [-0.2, -0.15) is 23.2 Å². The van der Waals surface area contributed by atoms with E-state index in [0.717, 1.165) is 4.31 Å². The Balaban J connectivity index is 2.92. The Hall–Kier alpha value is -2.62. The first kappa shape index (κ1) is 16.4. The summed E-state index contributed by atoms with van der Waals surface area (Å²) < 4.78 is 26.9. The molecule has 0 saturated carbocycles. The molecule has 1 rings (SSSR count). The van der Waals surface area contributed by atoms with Crippen molar-refractivity contribution >= 4 is 21.9 Å². The van der Waals surface area contributed by atoms with Crippen LogP contribution in [-0.4, -0.2) is 37.4 Å². The fraction of sp³-hybridized carbons (Fsp3) is 0.250. The van der Waals surface area contributed by atoms with Crippen LogP contribution in [0, 0.1) is 22.7 Å². The Morgan fingerprint density at radius 1 is 1.33 bits per heavy atom. The predicted octanol–water partition coefficient (Wildman–Crippen LogP) is 0.493. The number of benzene rings is 1. The maximum atomic E-state index is 11.9. The number of anilines is 1. The first-order valence-electron chi connectivity index (χ1n) is 5.70. The molecule has 21 heavy (non-hydrogen) atoms. The van der Waals surface area contributed by atoms with E-state index in [1.165, 1.54) is 25.2 Å². The van der Waals surface area contributed by atoms with Gasteiger partial charge in [-0.15, -0.1) is 0 Å². The van der Waals surface area contributed by atoms with Crippen LogP contribution in [0.3, 0.4) is 0 Å². The maximum Gasteiger partial charge on any atom is 0.304 e. The largest absolute Gasteiger partial charge is 0.481 e. The van der Waals surface area contributed by atoms with E-state index < -0.39 is 16.2 Å². The Morgan fingerprint density at radius 3 is 2.48 bits per heavy atom. The van der Waals surface area contributed by atoms with E-state index in [-0.39, 0.29) is 29.8 Å². The molecule has 0 amide bonds. The Labute approximate surface area is 122 Å². The minimum absolute atomic E-state index is 0.0471. The van der Waals surface area contributed by atoms with Crippen LogP contribution in [0.15, 0.2) is 18.2 Å². The van der Waals surface area contributed by atoms with Gasteiger partial charge in [0.1, 0.15) is 12.1 Å². The van der Waals surface area contributed by atoms with Crippen molar-refractivity contribution in [3.63, 3.8) is 0 Å². The molecule has 110 valence electrons. The van der Waals surface area contributed by atoms with Crippen molar-refractivity contribution < 1.29 is 18.3 Å². The third-order valence-corrected chi connectivity index (χ3v) is 4.06. The molecular weight excluding hydrogens is 296 g/mol. The van der Waals surface area contributed by atoms with E-state index in [1.54, 1.807) is 6.07 Å². The summed E-state index contributed by atoms with van der Waals surface area (Å²) in [5.74, 6) is -1.11. The minimum atomic E-state index is -3.93. The van der Waals surface area contributed by atoms with Gasteiger partial charge in [0.2, 0.25) is 0 Å². The Kier molecular flexibility index (Phi) is 5.24. The molecule has 2 N–H and O–H groups in total. The molecule has 0 heterocycles. The lowest BCUT2D eigenvalue weighted by atomic mass is 10.1. The quantitative estimate of drug-likeness (QED) is 0.785. The van der Waals surface area contributed by atoms with Crippen molar-refractivity contribution in [2.24, 2.45) is 0 Å². The van der Waals surface area contributed by atoms with E-state index in [1.807, 2.05) is 6.07 Å². The zero-order valence-electron chi connectivity index (χ0n) is 11.1. The average molecular weight is 308 g/mol. The van der Waals surface area contributed by atoms with Gasteiger partial charge >= 0.3 is 16.2 Å². The summed E-state index contributed by atoms with van der Waals surface area (Å²) in [6.07, 6.45) is -0.325. The normalized spacial score (nSPS) is 10.7. The lowest BCUT2D eigenvalue weighted by Gasteiger charge is -2.17. The lowest BCUT2D eigenvalue weighted by molar-refractivity contribution is -0.137. The van der Waals surface area contributed by atoms with Crippen molar-refractivity contribution in [2.45, 2.75) is 6.42 Å². The maximum absolute atomic E-state index is 11.9. The second-order valence-electron chi connectivity index (χ2n) is 4.06. The summed E-state index contributed by atoms with van der Waals surface area (Å²) in [6.45, 7) is -0.188. The third-order valence-electron chi connectivity index (χ3n) is 2.56. The van der Waals surface area contributed by atoms with Gasteiger partial charge in [0, 0.05) is 13.6 Å². The number of carboxylic acids is 1. The summed E-state index contributed by atoms with van der Waals surface area (Å²) in [5, 5.41) is 26.2. The van der Waals surface area contributed by atoms with Gasteiger partial charge < -0.3 is 5.11 Å². The third kappa shape index (κ3) is 4.45. The summed E-state index contributed by atoms with van der Waals surface area (Å²) in [4.78, 5) is 10.4. The molecule has 0 aliphatic carbocycles. The number of carbonyl (C=O) groups is 1. The number of nitrogens with one attached hydrogen (secondary N) is 1. The zero-order valence-corrected chi connectivity index (χ0v) is 11.9. The molecule has 9 heteroatoms. The smallest absolute Gasteiger partial charge is 0.304 e. The van der Waals surface area contributed by atoms with Crippen LogP contribution in [0.4, 0.5) is 5.69 Å². The van der Waals surface area contributed by atoms with Crippen LogP contribution in [0.1, 0.15) is 17.5 Å². The first-order chi connectivity index (χ1) is 9.80. The van der Waals surface area contributed by atoms with Crippen LogP contribution in [-0.2, 0) is 15.0 Å². The molecule has 0 saturated heterocycles. The van der Waals surface area contributed by atoms with Gasteiger partial charge in [-0.3, -0.25) is 9.52 Å². The molecule has 1 aromatic carbocycles. The van der Waals surface area contributed by atoms with E-state index in [0.29, 0.717) is 0 Å². The van der Waals surface area contributed by atoms with Crippen molar-refractivity contribution in [3.05, 3.63) is 29.3 Å². The molecule has 0 bridgehead atoms. The second-order valence-corrected chi connectivity index (χ2v) is 5.83. The molecule has 0 atom stereocenters. The van der Waals surface area contributed by atoms with E-state index in [2.05, 4.69) is 4.72 Å². The second kappa shape index (κ2) is 6.70. The minimum Gasteiger partial charge on any atom is -0.481 e. The number of carboxylic acid groups (broad SMARTS) is 1. The highest BCUT2D eigenvalue weighted by Crippen LogP contribution is 2.16. The summed E-state index contributed by atoms with van der Waals surface area (Å²) in [6, 6.07) is 7.52. The Bertz CT molecular complexity index is 731. The van der Waals surface area contributed by atoms with E-state index >= 15 is 0 Å². The molecule has 0 aromatic heterocycles. The van der Waals surface area contributed by atoms with Crippen LogP contribution >= 0.6 is 0 Å². The number of hydrogen-bond acceptors (Lipinski definition) is 5. The average Bonchev–Trinajstić information content (AvgIpc) is 2.43. The summed E-state index contributed by atoms with van der Waals surface area (Å²) in [7, 11) is -2.69. The first-order valence-corrected chi connectivity index (χ1v) is 7.14. The molecule has 0 unspecified atom stereocenters. The standard InChI is InChI=1S/C12H12N4O4S/c1-16(5-4-12(17)18)21(19,20)15-11-3-2-9(7-13)10(6-11)8-14/h2-3,6,15H,4-5H2,1H3,(H,17,18). The van der Waals surface area contributed by atoms with Crippen LogP contribution in [0.25, 0.3) is 0 Å². The fourth-order valence-electron chi connectivity index (χ4n) is 1.40. The van der Waals surface area contributed by atoms with Crippen LogP contribution < -0.4 is 4.72 Å².